The summed E-state index contributed by atoms with van der Waals surface area (Å²) in [5, 5.41) is 3.03. The fraction of sp³-hybridized carbons (Fsp3) is 0.391. The Morgan fingerprint density at radius 3 is 1.42 bits per heavy atom. The Hall–Kier alpha value is -1.96. The summed E-state index contributed by atoms with van der Waals surface area (Å²) in [7, 11) is 0. The molecule has 6 rings (SSSR count). The first kappa shape index (κ1) is 44.2. The molecule has 4 aromatic carbocycles. The van der Waals surface area contributed by atoms with Gasteiger partial charge < -0.3 is 24.8 Å². The standard InChI is InChI=1S/C29H41.C12H10Si.C5H5.2ClH.Zr/c1-26(2,3)22-14-18-13-19-15-23(27(4,5)6)25(29(10,11)12)17-21(19)20(18)16-24(22)28(7,8)9;1-3-7-11(8-4-1)13-12-9-5-2-6-10-12;1-2-4-5-3-1;;;/h14,16-17H,13H2,1-12H3;1-10H;1-3H,4H2;2*1H;/q-1;;-1;;;+2/p-2. The summed E-state index contributed by atoms with van der Waals surface area (Å²) < 4.78 is 0. The number of benzene rings is 4. The summed E-state index contributed by atoms with van der Waals surface area (Å²) in [6.07, 6.45) is 11.0. The van der Waals surface area contributed by atoms with Crippen LogP contribution in [0.25, 0.3) is 11.1 Å². The van der Waals surface area contributed by atoms with Crippen molar-refractivity contribution in [3.05, 3.63) is 143 Å². The molecule has 264 valence electrons. The normalized spacial score (nSPS) is 13.1. The fourth-order valence-electron chi connectivity index (χ4n) is 6.34. The Labute approximate surface area is 332 Å². The molecule has 0 unspecified atom stereocenters. The van der Waals surface area contributed by atoms with Crippen molar-refractivity contribution in [2.24, 2.45) is 0 Å². The van der Waals surface area contributed by atoms with Crippen LogP contribution in [0.15, 0.2) is 97.1 Å². The van der Waals surface area contributed by atoms with Gasteiger partial charge in [0.2, 0.25) is 0 Å². The van der Waals surface area contributed by atoms with Crippen LogP contribution in [0.2, 0.25) is 0 Å². The Kier molecular flexibility index (Phi) is 15.7. The van der Waals surface area contributed by atoms with E-state index in [-0.39, 0.29) is 46.5 Å². The molecule has 0 spiro atoms. The van der Waals surface area contributed by atoms with Crippen molar-refractivity contribution >= 4 is 15.8 Å². The molecule has 0 bridgehead atoms. The first-order chi connectivity index (χ1) is 22.3. The van der Waals surface area contributed by atoms with Crippen LogP contribution in [0.1, 0.15) is 123 Å². The maximum atomic E-state index is 3.90. The number of halogens is 2. The fourth-order valence-corrected chi connectivity index (χ4v) is 10.2. The van der Waals surface area contributed by atoms with Crippen molar-refractivity contribution in [2.75, 3.05) is 0 Å². The molecule has 2 aliphatic carbocycles. The van der Waals surface area contributed by atoms with Gasteiger partial charge in [0.25, 0.3) is 0 Å². The van der Waals surface area contributed by atoms with E-state index in [0.29, 0.717) is 0 Å². The number of fused-ring (bicyclic) bond motifs is 3. The Morgan fingerprint density at radius 1 is 0.580 bits per heavy atom. The van der Waals surface area contributed by atoms with Crippen LogP contribution < -0.4 is 35.2 Å². The van der Waals surface area contributed by atoms with E-state index in [4.69, 9.17) is 0 Å². The van der Waals surface area contributed by atoms with Gasteiger partial charge >= 0.3 is 99.8 Å². The van der Waals surface area contributed by atoms with Crippen molar-refractivity contribution in [2.45, 2.75) is 118 Å². The summed E-state index contributed by atoms with van der Waals surface area (Å²) in [5.41, 5.74) is 11.5. The van der Waals surface area contributed by atoms with Gasteiger partial charge in [-0.1, -0.05) is 106 Å². The average molecular weight is 799 g/mol. The van der Waals surface area contributed by atoms with Gasteiger partial charge in [-0.2, -0.15) is 23.8 Å². The van der Waals surface area contributed by atoms with Gasteiger partial charge in [0.05, 0.1) is 0 Å². The van der Waals surface area contributed by atoms with Gasteiger partial charge in [0, 0.05) is 0 Å². The van der Waals surface area contributed by atoms with E-state index in [1.807, 2.05) is 12.2 Å². The quantitative estimate of drug-likeness (QED) is 0.176. The molecule has 0 atom stereocenters. The summed E-state index contributed by atoms with van der Waals surface area (Å²) in [6.45, 7) is 28.0. The molecule has 0 radical (unpaired) electrons. The van der Waals surface area contributed by atoms with E-state index in [1.54, 1.807) is 23.3 Å². The first-order valence-corrected chi connectivity index (χ1v) is 22.7. The molecule has 50 heavy (non-hydrogen) atoms. The van der Waals surface area contributed by atoms with Gasteiger partial charge in [-0.15, -0.1) is 23.1 Å². The molecule has 4 heteroatoms. The summed E-state index contributed by atoms with van der Waals surface area (Å²) >= 11 is 1.64. The van der Waals surface area contributed by atoms with Crippen molar-refractivity contribution in [3.8, 4) is 11.1 Å². The average Bonchev–Trinajstić information content (AvgIpc) is 3.71. The molecule has 0 aliphatic heterocycles. The van der Waals surface area contributed by atoms with Gasteiger partial charge in [-0.3, -0.25) is 6.08 Å². The van der Waals surface area contributed by atoms with Gasteiger partial charge in [0.15, 0.2) is 0 Å². The number of hydrogen-bond acceptors (Lipinski definition) is 0. The van der Waals surface area contributed by atoms with Crippen LogP contribution in [0.5, 0.6) is 0 Å². The summed E-state index contributed by atoms with van der Waals surface area (Å²) in [5.74, 6) is 0. The van der Waals surface area contributed by atoms with E-state index in [1.165, 1.54) is 54.9 Å². The summed E-state index contributed by atoms with van der Waals surface area (Å²) in [4.78, 5) is 0. The molecular weight excluding hydrogens is 743 g/mol. The maximum absolute atomic E-state index is 3.90. The zero-order valence-corrected chi connectivity index (χ0v) is 37.4. The second kappa shape index (κ2) is 17.7. The van der Waals surface area contributed by atoms with E-state index >= 15 is 0 Å². The van der Waals surface area contributed by atoms with Gasteiger partial charge in [0.1, 0.15) is 0 Å². The van der Waals surface area contributed by atoms with Crippen molar-refractivity contribution in [1.29, 1.82) is 0 Å². The van der Waals surface area contributed by atoms with Crippen LogP contribution in [0, 0.1) is 12.1 Å². The topological polar surface area (TPSA) is 0 Å². The zero-order valence-electron chi connectivity index (χ0n) is 32.4. The predicted octanol–water partition coefficient (Wildman–Crippen LogP) is 4.90. The van der Waals surface area contributed by atoms with Crippen LogP contribution in [0.3, 0.4) is 0 Å². The second-order valence-electron chi connectivity index (χ2n) is 17.3. The molecule has 0 saturated heterocycles. The first-order valence-electron chi connectivity index (χ1n) is 17.5. The van der Waals surface area contributed by atoms with Crippen LogP contribution in [-0.2, 0) is 51.4 Å². The van der Waals surface area contributed by atoms with Crippen molar-refractivity contribution < 1.29 is 48.1 Å². The van der Waals surface area contributed by atoms with Gasteiger partial charge in [-0.25, -0.2) is 12.2 Å². The van der Waals surface area contributed by atoms with Crippen molar-refractivity contribution in [3.63, 3.8) is 0 Å². The van der Waals surface area contributed by atoms with Crippen LogP contribution >= 0.6 is 0 Å². The second-order valence-corrected chi connectivity index (χ2v) is 22.9. The number of rotatable bonds is 2. The van der Waals surface area contributed by atoms with Gasteiger partial charge in [-0.05, 0) is 39.4 Å². The molecule has 4 aromatic rings. The van der Waals surface area contributed by atoms with E-state index in [9.17, 15) is 0 Å². The molecule has 0 nitrogen and oxygen atoms in total. The monoisotopic (exact) mass is 796 g/mol. The third kappa shape index (κ3) is 11.3. The molecule has 0 heterocycles. The third-order valence-electron chi connectivity index (χ3n) is 8.94. The van der Waals surface area contributed by atoms with E-state index in [2.05, 4.69) is 180 Å². The minimum absolute atomic E-state index is 0. The SMILES string of the molecule is CC(C)(C)c1[c-]c2c(cc1C(C)(C)C)-c1cc(C(C)(C)C)c(C(C)(C)C)cc1C2.[C-]1=CC=CC1.[Cl-].[Cl-].[Zr+2]=[Si](c1ccccc1)c1ccccc1. The molecular formula is C46H56Cl2SiZr-2. The zero-order chi connectivity index (χ0) is 35.5. The molecule has 2 aliphatic rings. The van der Waals surface area contributed by atoms with Crippen molar-refractivity contribution in [1.82, 2.24) is 0 Å². The predicted molar refractivity (Wildman–Crippen MR) is 208 cm³/mol. The van der Waals surface area contributed by atoms with Crippen LogP contribution in [0.4, 0.5) is 0 Å². The number of allylic oxidation sites excluding steroid dienone is 4. The molecule has 0 aromatic heterocycles. The van der Waals surface area contributed by atoms with E-state index in [0.717, 1.165) is 12.8 Å². The van der Waals surface area contributed by atoms with Crippen LogP contribution in [-0.4, -0.2) is 5.43 Å². The Balaban J connectivity index is 0.000000341. The Bertz CT molecular complexity index is 1660. The van der Waals surface area contributed by atoms with E-state index < -0.39 is 5.43 Å². The Morgan fingerprint density at radius 2 is 1.04 bits per heavy atom. The molecule has 0 fully saturated rings. The third-order valence-corrected chi connectivity index (χ3v) is 15.0. The number of hydrogen-bond donors (Lipinski definition) is 0. The molecule has 0 saturated carbocycles. The molecule has 0 N–H and O–H groups in total. The minimum atomic E-state index is -0.455. The molecule has 0 amide bonds. The summed E-state index contributed by atoms with van der Waals surface area (Å²) in [6, 6.07) is 33.1.